The van der Waals surface area contributed by atoms with Crippen molar-refractivity contribution in [2.45, 2.75) is 39.0 Å². The minimum absolute atomic E-state index is 0.00739. The van der Waals surface area contributed by atoms with E-state index in [0.717, 1.165) is 29.7 Å². The molecule has 0 saturated heterocycles. The molecule has 3 rings (SSSR count). The number of nitrogens with two attached hydrogens (primary N) is 1. The number of pyridine rings is 1. The van der Waals surface area contributed by atoms with Crippen LogP contribution in [0, 0.1) is 0 Å². The first kappa shape index (κ1) is 21.6. The quantitative estimate of drug-likeness (QED) is 0.289. The van der Waals surface area contributed by atoms with Gasteiger partial charge in [-0.25, -0.2) is 0 Å². The summed E-state index contributed by atoms with van der Waals surface area (Å²) in [5.74, 6) is -1.06. The fraction of sp³-hybridized carbons (Fsp3) is 0.333. The molecular formula is C24H28N2O4. The highest BCUT2D eigenvalue weighted by Gasteiger charge is 2.26. The van der Waals surface area contributed by atoms with Crippen LogP contribution >= 0.6 is 0 Å². The van der Waals surface area contributed by atoms with Crippen LogP contribution in [0.25, 0.3) is 5.52 Å². The fourth-order valence-electron chi connectivity index (χ4n) is 3.66. The van der Waals surface area contributed by atoms with Crippen LogP contribution in [0.4, 0.5) is 0 Å². The van der Waals surface area contributed by atoms with E-state index in [9.17, 15) is 14.7 Å². The van der Waals surface area contributed by atoms with E-state index in [0.29, 0.717) is 42.7 Å². The Labute approximate surface area is 176 Å². The molecule has 0 spiro atoms. The topological polar surface area (TPSA) is 94.0 Å². The van der Waals surface area contributed by atoms with Gasteiger partial charge in [0.15, 0.2) is 0 Å². The van der Waals surface area contributed by atoms with Crippen LogP contribution in [0.1, 0.15) is 53.4 Å². The van der Waals surface area contributed by atoms with Gasteiger partial charge in [-0.3, -0.25) is 9.59 Å². The van der Waals surface area contributed by atoms with Gasteiger partial charge >= 0.3 is 0 Å². The Morgan fingerprint density at radius 1 is 1.13 bits per heavy atom. The van der Waals surface area contributed by atoms with Gasteiger partial charge in [-0.2, -0.15) is 0 Å². The van der Waals surface area contributed by atoms with E-state index in [4.69, 9.17) is 10.5 Å². The maximum Gasteiger partial charge on any atom is 0.289 e. The third-order valence-electron chi connectivity index (χ3n) is 5.14. The molecule has 0 saturated carbocycles. The maximum absolute atomic E-state index is 12.8. The lowest BCUT2D eigenvalue weighted by molar-refractivity contribution is -0.114. The summed E-state index contributed by atoms with van der Waals surface area (Å²) in [5.41, 5.74) is 9.04. The normalized spacial score (nSPS) is 11.0. The number of Topliss-reactive ketones (excluding diaryl/α,β-unsaturated/α-hetero) is 1. The van der Waals surface area contributed by atoms with Crippen LogP contribution in [-0.2, 0) is 17.6 Å². The molecular weight excluding hydrogens is 380 g/mol. The first-order chi connectivity index (χ1) is 14.6. The number of rotatable bonds is 11. The molecule has 0 atom stereocenters. The van der Waals surface area contributed by atoms with Crippen LogP contribution < -0.4 is 10.5 Å². The van der Waals surface area contributed by atoms with E-state index in [1.165, 1.54) is 0 Å². The number of unbranched alkanes of at least 4 members (excludes halogenated alkanes) is 1. The number of amides is 1. The van der Waals surface area contributed by atoms with Crippen LogP contribution in [0.5, 0.6) is 5.75 Å². The molecule has 0 aliphatic rings. The summed E-state index contributed by atoms with van der Waals surface area (Å²) in [4.78, 5) is 24.6. The van der Waals surface area contributed by atoms with E-state index in [1.54, 1.807) is 6.07 Å². The largest absolute Gasteiger partial charge is 0.493 e. The highest BCUT2D eigenvalue weighted by Crippen LogP contribution is 2.30. The van der Waals surface area contributed by atoms with Crippen molar-refractivity contribution in [1.82, 2.24) is 4.40 Å². The zero-order chi connectivity index (χ0) is 21.5. The predicted molar refractivity (Wildman–Crippen MR) is 116 cm³/mol. The molecule has 2 heterocycles. The molecule has 0 fully saturated rings. The first-order valence-electron chi connectivity index (χ1n) is 10.3. The Kier molecular flexibility index (Phi) is 7.25. The van der Waals surface area contributed by atoms with Gasteiger partial charge in [-0.1, -0.05) is 43.7 Å². The molecule has 0 bridgehead atoms. The SMILES string of the molecule is CCCCOc1ccn2c(Cc3ccccc3)c(CCCO)c(C(=O)C(N)=O)c2c1. The Balaban J connectivity index is 2.17. The molecule has 0 aliphatic heterocycles. The fourth-order valence-corrected chi connectivity index (χ4v) is 3.66. The predicted octanol–water partition coefficient (Wildman–Crippen LogP) is 3.30. The van der Waals surface area contributed by atoms with Gasteiger partial charge in [0, 0.05) is 31.0 Å². The summed E-state index contributed by atoms with van der Waals surface area (Å²) in [6, 6.07) is 13.6. The third-order valence-corrected chi connectivity index (χ3v) is 5.14. The number of aliphatic hydroxyl groups is 1. The highest BCUT2D eigenvalue weighted by molar-refractivity contribution is 6.44. The minimum atomic E-state index is -0.990. The molecule has 6 nitrogen and oxygen atoms in total. The van der Waals surface area contributed by atoms with Gasteiger partial charge in [0.2, 0.25) is 0 Å². The average Bonchev–Trinajstić information content (AvgIpc) is 3.05. The Hall–Kier alpha value is -3.12. The molecule has 2 aromatic heterocycles. The minimum Gasteiger partial charge on any atom is -0.493 e. The molecule has 158 valence electrons. The molecule has 0 unspecified atom stereocenters. The summed E-state index contributed by atoms with van der Waals surface area (Å²) < 4.78 is 7.75. The molecule has 1 amide bonds. The van der Waals surface area contributed by atoms with Crippen molar-refractivity contribution in [3.8, 4) is 5.75 Å². The van der Waals surface area contributed by atoms with Crippen molar-refractivity contribution in [2.24, 2.45) is 5.73 Å². The smallest absolute Gasteiger partial charge is 0.289 e. The van der Waals surface area contributed by atoms with E-state index < -0.39 is 11.7 Å². The second-order valence-electron chi connectivity index (χ2n) is 7.30. The number of hydrogen-bond donors (Lipinski definition) is 2. The lowest BCUT2D eigenvalue weighted by Crippen LogP contribution is -2.24. The first-order valence-corrected chi connectivity index (χ1v) is 10.3. The van der Waals surface area contributed by atoms with E-state index in [1.807, 2.05) is 47.0 Å². The summed E-state index contributed by atoms with van der Waals surface area (Å²) in [7, 11) is 0. The van der Waals surface area contributed by atoms with Gasteiger partial charge in [-0.05, 0) is 36.5 Å². The molecule has 1 aromatic carbocycles. The number of ketones is 1. The van der Waals surface area contributed by atoms with Gasteiger partial charge in [0.1, 0.15) is 5.75 Å². The van der Waals surface area contributed by atoms with Gasteiger partial charge in [-0.15, -0.1) is 0 Å². The number of aromatic nitrogens is 1. The number of hydrogen-bond acceptors (Lipinski definition) is 4. The number of aliphatic hydroxyl groups excluding tert-OH is 1. The van der Waals surface area contributed by atoms with Crippen LogP contribution in [-0.4, -0.2) is 34.4 Å². The lowest BCUT2D eigenvalue weighted by atomic mass is 9.97. The zero-order valence-corrected chi connectivity index (χ0v) is 17.3. The van der Waals surface area contributed by atoms with Gasteiger partial charge in [0.25, 0.3) is 11.7 Å². The van der Waals surface area contributed by atoms with Gasteiger partial charge < -0.3 is 20.0 Å². The zero-order valence-electron chi connectivity index (χ0n) is 17.3. The summed E-state index contributed by atoms with van der Waals surface area (Å²) >= 11 is 0. The number of nitrogens with zero attached hydrogens (tertiary/aromatic N) is 1. The molecule has 30 heavy (non-hydrogen) atoms. The van der Waals surface area contributed by atoms with Crippen molar-refractivity contribution in [3.05, 3.63) is 71.0 Å². The van der Waals surface area contributed by atoms with Crippen molar-refractivity contribution in [2.75, 3.05) is 13.2 Å². The second-order valence-corrected chi connectivity index (χ2v) is 7.30. The molecule has 6 heteroatoms. The standard InChI is InChI=1S/C24H28N2O4/c1-2-3-14-30-18-11-12-26-20(15-17-8-5-4-6-9-17)19(10-7-13-27)22(21(26)16-18)23(28)24(25)29/h4-6,8-9,11-12,16,27H,2-3,7,10,13-15H2,1H3,(H2,25,29). The van der Waals surface area contributed by atoms with E-state index in [2.05, 4.69) is 6.92 Å². The van der Waals surface area contributed by atoms with E-state index in [-0.39, 0.29) is 6.61 Å². The summed E-state index contributed by atoms with van der Waals surface area (Å²) in [6.45, 7) is 2.67. The summed E-state index contributed by atoms with van der Waals surface area (Å²) in [5, 5.41) is 9.38. The number of carbonyl (C=O) groups excluding carboxylic acids is 2. The Bertz CT molecular complexity index is 1020. The van der Waals surface area contributed by atoms with Crippen molar-refractivity contribution >= 4 is 17.2 Å². The Morgan fingerprint density at radius 3 is 2.57 bits per heavy atom. The van der Waals surface area contributed by atoms with E-state index >= 15 is 0 Å². The number of primary amides is 1. The number of ether oxygens (including phenoxy) is 1. The van der Waals surface area contributed by atoms with Crippen LogP contribution in [0.3, 0.4) is 0 Å². The van der Waals surface area contributed by atoms with Crippen LogP contribution in [0.15, 0.2) is 48.7 Å². The third kappa shape index (κ3) is 4.71. The molecule has 3 N–H and O–H groups in total. The van der Waals surface area contributed by atoms with Crippen molar-refractivity contribution in [3.63, 3.8) is 0 Å². The number of fused-ring (bicyclic) bond motifs is 1. The molecule has 0 aliphatic carbocycles. The Morgan fingerprint density at radius 2 is 1.90 bits per heavy atom. The van der Waals surface area contributed by atoms with Crippen LogP contribution in [0.2, 0.25) is 0 Å². The second kappa shape index (κ2) is 10.1. The number of benzene rings is 1. The van der Waals surface area contributed by atoms with Gasteiger partial charge in [0.05, 0.1) is 17.7 Å². The lowest BCUT2D eigenvalue weighted by Gasteiger charge is -2.09. The monoisotopic (exact) mass is 408 g/mol. The molecule has 3 aromatic rings. The summed E-state index contributed by atoms with van der Waals surface area (Å²) in [6.07, 6.45) is 5.36. The average molecular weight is 408 g/mol. The van der Waals surface area contributed by atoms with Crippen molar-refractivity contribution in [1.29, 1.82) is 0 Å². The maximum atomic E-state index is 12.8. The highest BCUT2D eigenvalue weighted by atomic mass is 16.5. The van der Waals surface area contributed by atoms with Crippen molar-refractivity contribution < 1.29 is 19.4 Å². The number of carbonyl (C=O) groups is 2. The molecule has 0 radical (unpaired) electrons.